The van der Waals surface area contributed by atoms with Gasteiger partial charge in [0.15, 0.2) is 0 Å². The summed E-state index contributed by atoms with van der Waals surface area (Å²) in [5.41, 5.74) is 13.8. The number of pyridine rings is 2. The van der Waals surface area contributed by atoms with Crippen LogP contribution in [-0.2, 0) is 0 Å². The Kier molecular flexibility index (Phi) is 5.74. The average Bonchev–Trinajstić information content (AvgIpc) is 2.55. The van der Waals surface area contributed by atoms with Crippen molar-refractivity contribution in [1.82, 2.24) is 9.97 Å². The predicted molar refractivity (Wildman–Crippen MR) is 103 cm³/mol. The number of hydrogen-bond donors (Lipinski definition) is 2. The summed E-state index contributed by atoms with van der Waals surface area (Å²) in [6.07, 6.45) is 3.59. The number of anilines is 2. The van der Waals surface area contributed by atoms with Crippen LogP contribution in [0.4, 0.5) is 11.6 Å². The number of nitrogens with zero attached hydrogens (tertiary/aromatic N) is 2. The Bertz CT molecular complexity index is 792. The van der Waals surface area contributed by atoms with Gasteiger partial charge >= 0.3 is 0 Å². The molecule has 0 aliphatic rings. The third-order valence-electron chi connectivity index (χ3n) is 3.97. The highest BCUT2D eigenvalue weighted by Crippen LogP contribution is 2.27. The van der Waals surface area contributed by atoms with Crippen LogP contribution in [-0.4, -0.2) is 9.97 Å². The number of hydrogen-bond acceptors (Lipinski definition) is 4. The second-order valence-electron chi connectivity index (χ2n) is 6.46. The monoisotopic (exact) mass is 322 g/mol. The fraction of sp³-hybridized carbons (Fsp3) is 0.300. The average molecular weight is 322 g/mol. The van der Waals surface area contributed by atoms with Gasteiger partial charge in [0, 0.05) is 17.8 Å². The molecule has 0 bridgehead atoms. The van der Waals surface area contributed by atoms with Crippen molar-refractivity contribution in [2.24, 2.45) is 0 Å². The molecule has 0 saturated carbocycles. The Labute approximate surface area is 143 Å². The molecule has 3 rings (SSSR count). The van der Waals surface area contributed by atoms with E-state index in [1.807, 2.05) is 36.5 Å². The Balaban J connectivity index is 0.000000185. The van der Waals surface area contributed by atoms with Gasteiger partial charge in [0.05, 0.1) is 0 Å². The normalized spacial score (nSPS) is 10.8. The minimum absolute atomic E-state index is 0.514. The summed E-state index contributed by atoms with van der Waals surface area (Å²) in [5.74, 6) is 2.25. The minimum atomic E-state index is 0.514. The molecule has 4 nitrogen and oxygen atoms in total. The van der Waals surface area contributed by atoms with Crippen molar-refractivity contribution in [1.29, 1.82) is 0 Å². The van der Waals surface area contributed by atoms with Gasteiger partial charge in [-0.15, -0.1) is 0 Å². The van der Waals surface area contributed by atoms with Crippen molar-refractivity contribution >= 4 is 22.4 Å². The Morgan fingerprint density at radius 1 is 0.792 bits per heavy atom. The Morgan fingerprint density at radius 2 is 1.54 bits per heavy atom. The first-order valence-electron chi connectivity index (χ1n) is 8.24. The molecule has 4 N–H and O–H groups in total. The predicted octanol–water partition coefficient (Wildman–Crippen LogP) is 4.73. The van der Waals surface area contributed by atoms with E-state index < -0.39 is 0 Å². The summed E-state index contributed by atoms with van der Waals surface area (Å²) in [7, 11) is 0. The molecule has 126 valence electrons. The second-order valence-corrected chi connectivity index (χ2v) is 6.46. The summed E-state index contributed by atoms with van der Waals surface area (Å²) < 4.78 is 0. The lowest BCUT2D eigenvalue weighted by Crippen LogP contribution is -1.94. The fourth-order valence-electron chi connectivity index (χ4n) is 2.52. The molecule has 0 amide bonds. The Hall–Kier alpha value is -2.62. The maximum atomic E-state index is 5.81. The number of nitrogen functional groups attached to an aromatic ring is 2. The van der Waals surface area contributed by atoms with E-state index in [1.54, 1.807) is 6.20 Å². The first kappa shape index (κ1) is 17.7. The molecule has 0 unspecified atom stereocenters. The van der Waals surface area contributed by atoms with Crippen molar-refractivity contribution in [2.45, 2.75) is 39.5 Å². The molecule has 0 saturated heterocycles. The molecule has 2 heterocycles. The molecule has 3 aromatic rings. The molecule has 24 heavy (non-hydrogen) atoms. The Morgan fingerprint density at radius 3 is 2.12 bits per heavy atom. The summed E-state index contributed by atoms with van der Waals surface area (Å²) in [6.45, 7) is 8.64. The minimum Gasteiger partial charge on any atom is -0.384 e. The van der Waals surface area contributed by atoms with Crippen molar-refractivity contribution in [3.8, 4) is 0 Å². The van der Waals surface area contributed by atoms with Crippen molar-refractivity contribution in [3.63, 3.8) is 0 Å². The lowest BCUT2D eigenvalue weighted by atomic mass is 9.97. The number of fused-ring (bicyclic) bond motifs is 1. The van der Waals surface area contributed by atoms with Gasteiger partial charge in [-0.05, 0) is 40.5 Å². The molecule has 4 heteroatoms. The van der Waals surface area contributed by atoms with Crippen LogP contribution in [0.2, 0.25) is 0 Å². The van der Waals surface area contributed by atoms with Crippen LogP contribution in [0.1, 0.15) is 50.7 Å². The van der Waals surface area contributed by atoms with E-state index in [1.165, 1.54) is 16.5 Å². The summed E-state index contributed by atoms with van der Waals surface area (Å²) >= 11 is 0. The van der Waals surface area contributed by atoms with Gasteiger partial charge in [-0.2, -0.15) is 0 Å². The zero-order valence-electron chi connectivity index (χ0n) is 14.8. The highest BCUT2D eigenvalue weighted by Gasteiger charge is 2.06. The van der Waals surface area contributed by atoms with Crippen LogP contribution in [0.5, 0.6) is 0 Å². The van der Waals surface area contributed by atoms with Gasteiger partial charge in [-0.1, -0.05) is 52.0 Å². The molecule has 2 aromatic heterocycles. The third kappa shape index (κ3) is 4.22. The van der Waals surface area contributed by atoms with E-state index >= 15 is 0 Å². The number of benzene rings is 1. The van der Waals surface area contributed by atoms with Gasteiger partial charge in [-0.3, -0.25) is 0 Å². The second kappa shape index (κ2) is 7.77. The quantitative estimate of drug-likeness (QED) is 0.715. The van der Waals surface area contributed by atoms with Crippen LogP contribution in [0.3, 0.4) is 0 Å². The first-order valence-corrected chi connectivity index (χ1v) is 8.24. The van der Waals surface area contributed by atoms with Crippen molar-refractivity contribution < 1.29 is 0 Å². The molecule has 0 aliphatic carbocycles. The molecule has 0 radical (unpaired) electrons. The van der Waals surface area contributed by atoms with Gasteiger partial charge in [0.2, 0.25) is 0 Å². The first-order chi connectivity index (χ1) is 11.4. The standard InChI is InChI=1S/C12H14N2.C8H12N2/c1-8(2)9-4-3-5-11-10(9)6-7-14-12(11)13;1-6(2)7-3-4-8(9)10-5-7/h3-8H,1-2H3,(H2,13,14);3-6H,1-2H3,(H2,9,10). The smallest absolute Gasteiger partial charge is 0.131 e. The van der Waals surface area contributed by atoms with Crippen LogP contribution >= 0.6 is 0 Å². The van der Waals surface area contributed by atoms with Gasteiger partial charge < -0.3 is 11.5 Å². The number of rotatable bonds is 2. The SMILES string of the molecule is CC(C)c1ccc(N)nc1.CC(C)c1cccc2c(N)nccc12. The molecule has 1 aromatic carbocycles. The van der Waals surface area contributed by atoms with E-state index in [0.717, 1.165) is 5.39 Å². The van der Waals surface area contributed by atoms with Gasteiger partial charge in [0.25, 0.3) is 0 Å². The summed E-state index contributed by atoms with van der Waals surface area (Å²) in [6, 6.07) is 12.1. The number of aromatic nitrogens is 2. The molecular weight excluding hydrogens is 296 g/mol. The van der Waals surface area contributed by atoms with Gasteiger partial charge in [0.1, 0.15) is 11.6 Å². The number of nitrogens with two attached hydrogens (primary N) is 2. The molecule has 0 spiro atoms. The largest absolute Gasteiger partial charge is 0.384 e. The maximum Gasteiger partial charge on any atom is 0.131 e. The topological polar surface area (TPSA) is 77.8 Å². The van der Waals surface area contributed by atoms with Crippen molar-refractivity contribution in [2.75, 3.05) is 11.5 Å². The van der Waals surface area contributed by atoms with E-state index in [2.05, 4.69) is 43.7 Å². The maximum absolute atomic E-state index is 5.81. The van der Waals surface area contributed by atoms with Gasteiger partial charge in [-0.25, -0.2) is 9.97 Å². The summed E-state index contributed by atoms with van der Waals surface area (Å²) in [4.78, 5) is 8.06. The highest BCUT2D eigenvalue weighted by molar-refractivity contribution is 5.93. The van der Waals surface area contributed by atoms with Crippen LogP contribution in [0, 0.1) is 0 Å². The fourth-order valence-corrected chi connectivity index (χ4v) is 2.52. The van der Waals surface area contributed by atoms with Crippen molar-refractivity contribution in [3.05, 3.63) is 59.9 Å². The molecule has 0 aliphatic heterocycles. The van der Waals surface area contributed by atoms with E-state index in [-0.39, 0.29) is 0 Å². The van der Waals surface area contributed by atoms with E-state index in [4.69, 9.17) is 11.5 Å². The van der Waals surface area contributed by atoms with E-state index in [9.17, 15) is 0 Å². The third-order valence-corrected chi connectivity index (χ3v) is 3.97. The highest BCUT2D eigenvalue weighted by atomic mass is 14.8. The van der Waals surface area contributed by atoms with Crippen LogP contribution < -0.4 is 11.5 Å². The summed E-state index contributed by atoms with van der Waals surface area (Å²) in [5, 5.41) is 2.27. The van der Waals surface area contributed by atoms with E-state index in [0.29, 0.717) is 23.5 Å². The molecular formula is C20H26N4. The van der Waals surface area contributed by atoms with Crippen LogP contribution in [0.15, 0.2) is 48.8 Å². The lowest BCUT2D eigenvalue weighted by Gasteiger charge is -2.10. The molecule has 0 atom stereocenters. The lowest BCUT2D eigenvalue weighted by molar-refractivity contribution is 0.859. The zero-order chi connectivity index (χ0) is 17.7. The molecule has 0 fully saturated rings. The zero-order valence-corrected chi connectivity index (χ0v) is 14.8. The van der Waals surface area contributed by atoms with Crippen LogP contribution in [0.25, 0.3) is 10.8 Å².